The van der Waals surface area contributed by atoms with Crippen LogP contribution in [0, 0.1) is 0 Å². The molecule has 0 fully saturated rings. The number of hydrogen-bond acceptors (Lipinski definition) is 0. The van der Waals surface area contributed by atoms with Gasteiger partial charge < -0.3 is 0 Å². The predicted molar refractivity (Wildman–Crippen MR) is 37.3 cm³/mol. The Bertz CT molecular complexity index is 51.9. The van der Waals surface area contributed by atoms with E-state index < -0.39 is 20.0 Å². The first kappa shape index (κ1) is 8.87. The van der Waals surface area contributed by atoms with E-state index in [1.54, 1.807) is 4.18 Å². The van der Waals surface area contributed by atoms with Gasteiger partial charge in [0, 0.05) is 0 Å². The van der Waals surface area contributed by atoms with Crippen molar-refractivity contribution in [2.75, 3.05) is 0 Å². The standard InChI is InChI=1S/C4H9.3CH3.Hf/c1-3-4-2;;;;/h1,3-4H2,2H3;3*1H3;. The van der Waals surface area contributed by atoms with Crippen molar-refractivity contribution < 1.29 is 20.0 Å². The average molecular weight is 281 g/mol. The van der Waals surface area contributed by atoms with Crippen molar-refractivity contribution in [2.45, 2.75) is 38.0 Å². The summed E-state index contributed by atoms with van der Waals surface area (Å²) in [7, 11) is 0. The molecule has 0 bridgehead atoms. The summed E-state index contributed by atoms with van der Waals surface area (Å²) in [6.07, 6.45) is 2.86. The third-order valence-electron chi connectivity index (χ3n) is 1.28. The van der Waals surface area contributed by atoms with Crippen molar-refractivity contribution in [1.29, 1.82) is 0 Å². The summed E-state index contributed by atoms with van der Waals surface area (Å²) in [6.45, 7) is 2.28. The molecule has 0 unspecified atom stereocenters. The van der Waals surface area contributed by atoms with E-state index in [-0.39, 0.29) is 0 Å². The Balaban J connectivity index is 3.11. The second-order valence-electron chi connectivity index (χ2n) is 3.66. The zero-order valence-corrected chi connectivity index (χ0v) is 10.2. The van der Waals surface area contributed by atoms with Crippen molar-refractivity contribution >= 4 is 0 Å². The second-order valence-corrected chi connectivity index (χ2v) is 23.9. The Morgan fingerprint density at radius 2 is 1.62 bits per heavy atom. The van der Waals surface area contributed by atoms with E-state index >= 15 is 0 Å². The predicted octanol–water partition coefficient (Wildman–Crippen LogP) is 3.50. The van der Waals surface area contributed by atoms with Crippen LogP contribution in [0.3, 0.4) is 0 Å². The van der Waals surface area contributed by atoms with Crippen LogP contribution >= 0.6 is 0 Å². The van der Waals surface area contributed by atoms with E-state index in [4.69, 9.17) is 0 Å². The van der Waals surface area contributed by atoms with Crippen LogP contribution in [-0.2, 0) is 20.0 Å². The second kappa shape index (κ2) is 3.81. The molecule has 0 amide bonds. The normalized spacial score (nSPS) is 12.0. The summed E-state index contributed by atoms with van der Waals surface area (Å²) in [5.74, 6) is 0. The fourth-order valence-electron chi connectivity index (χ4n) is 0.707. The SMILES string of the molecule is CCC[CH2][Hf]([CH3])([CH3])[CH3]. The molecule has 0 N–H and O–H groups in total. The van der Waals surface area contributed by atoms with Crippen LogP contribution in [0.25, 0.3) is 0 Å². The van der Waals surface area contributed by atoms with E-state index in [1.807, 2.05) is 0 Å². The van der Waals surface area contributed by atoms with Crippen LogP contribution in [0.4, 0.5) is 0 Å². The van der Waals surface area contributed by atoms with Crippen LogP contribution in [0.5, 0.6) is 0 Å². The fourth-order valence-corrected chi connectivity index (χ4v) is 5.79. The van der Waals surface area contributed by atoms with Crippen LogP contribution in [0.2, 0.25) is 18.2 Å². The topological polar surface area (TPSA) is 0 Å². The summed E-state index contributed by atoms with van der Waals surface area (Å²) in [4.78, 5) is 0. The molecule has 8 heavy (non-hydrogen) atoms. The molecule has 0 radical (unpaired) electrons. The van der Waals surface area contributed by atoms with E-state index in [0.29, 0.717) is 0 Å². The molecule has 0 aromatic heterocycles. The number of hydrogen-bond donors (Lipinski definition) is 0. The van der Waals surface area contributed by atoms with Gasteiger partial charge in [0.25, 0.3) is 0 Å². The molecular weight excluding hydrogens is 263 g/mol. The van der Waals surface area contributed by atoms with Gasteiger partial charge in [-0.1, -0.05) is 0 Å². The van der Waals surface area contributed by atoms with E-state index in [0.717, 1.165) is 0 Å². The first-order valence-corrected chi connectivity index (χ1v) is 16.9. The Labute approximate surface area is 58.0 Å². The molecule has 0 aromatic carbocycles. The first-order valence-electron chi connectivity index (χ1n) is 3.56. The summed E-state index contributed by atoms with van der Waals surface area (Å²) in [5, 5.41) is 0. The van der Waals surface area contributed by atoms with Crippen molar-refractivity contribution in [3.05, 3.63) is 0 Å². The molecule has 0 nitrogen and oxygen atoms in total. The maximum atomic E-state index is 2.52. The van der Waals surface area contributed by atoms with E-state index in [1.165, 1.54) is 12.8 Å². The summed E-state index contributed by atoms with van der Waals surface area (Å²) < 4.78 is 9.14. The van der Waals surface area contributed by atoms with Gasteiger partial charge in [0.05, 0.1) is 0 Å². The number of unbranched alkanes of at least 4 members (excludes halogenated alkanes) is 1. The van der Waals surface area contributed by atoms with Gasteiger partial charge in [-0.25, -0.2) is 0 Å². The van der Waals surface area contributed by atoms with Gasteiger partial charge >= 0.3 is 58.0 Å². The Hall–Kier alpha value is 0.870. The molecule has 0 atom stereocenters. The monoisotopic (exact) mass is 282 g/mol. The van der Waals surface area contributed by atoms with Gasteiger partial charge in [-0.3, -0.25) is 0 Å². The summed E-state index contributed by atoms with van der Waals surface area (Å²) in [6, 6.07) is 0. The zero-order chi connectivity index (χ0) is 6.62. The van der Waals surface area contributed by atoms with Crippen LogP contribution in [0.15, 0.2) is 0 Å². The summed E-state index contributed by atoms with van der Waals surface area (Å²) >= 11 is -1.42. The Morgan fingerprint density at radius 3 is 1.75 bits per heavy atom. The van der Waals surface area contributed by atoms with Crippen LogP contribution < -0.4 is 0 Å². The fraction of sp³-hybridized carbons (Fsp3) is 1.00. The quantitative estimate of drug-likeness (QED) is 0.694. The van der Waals surface area contributed by atoms with E-state index in [2.05, 4.69) is 21.0 Å². The van der Waals surface area contributed by atoms with Crippen molar-refractivity contribution in [3.8, 4) is 0 Å². The molecule has 0 spiro atoms. The van der Waals surface area contributed by atoms with Gasteiger partial charge in [0.2, 0.25) is 0 Å². The third-order valence-corrected chi connectivity index (χ3v) is 7.94. The molecule has 0 aliphatic rings. The maximum absolute atomic E-state index is 2.52. The molecule has 1 heteroatoms. The molecule has 50 valence electrons. The van der Waals surface area contributed by atoms with E-state index in [9.17, 15) is 0 Å². The molecule has 0 aliphatic carbocycles. The molecular formula is C7H18Hf. The minimum absolute atomic E-state index is 1.39. The molecule has 0 saturated carbocycles. The number of rotatable bonds is 3. The van der Waals surface area contributed by atoms with Crippen LogP contribution in [0.1, 0.15) is 19.8 Å². The van der Waals surface area contributed by atoms with Crippen LogP contribution in [-0.4, -0.2) is 0 Å². The molecule has 0 aromatic rings. The van der Waals surface area contributed by atoms with Gasteiger partial charge in [0.15, 0.2) is 0 Å². The third kappa shape index (κ3) is 6.87. The van der Waals surface area contributed by atoms with Crippen molar-refractivity contribution in [3.63, 3.8) is 0 Å². The zero-order valence-electron chi connectivity index (χ0n) is 6.62. The summed E-state index contributed by atoms with van der Waals surface area (Å²) in [5.41, 5.74) is 0. The van der Waals surface area contributed by atoms with Gasteiger partial charge in [-0.05, 0) is 0 Å². The van der Waals surface area contributed by atoms with Crippen molar-refractivity contribution in [2.24, 2.45) is 0 Å². The molecule has 0 heterocycles. The average Bonchev–Trinajstić information content (AvgIpc) is 1.59. The van der Waals surface area contributed by atoms with Gasteiger partial charge in [0.1, 0.15) is 0 Å². The Kier molecular flexibility index (Phi) is 4.23. The van der Waals surface area contributed by atoms with Gasteiger partial charge in [-0.15, -0.1) is 0 Å². The Morgan fingerprint density at radius 1 is 1.12 bits per heavy atom. The van der Waals surface area contributed by atoms with Gasteiger partial charge in [-0.2, -0.15) is 0 Å². The minimum atomic E-state index is -1.42. The molecule has 0 aliphatic heterocycles. The van der Waals surface area contributed by atoms with Crippen molar-refractivity contribution in [1.82, 2.24) is 0 Å². The molecule has 0 saturated heterocycles. The molecule has 0 rings (SSSR count). The first-order chi connectivity index (χ1) is 3.56.